The highest BCUT2D eigenvalue weighted by Crippen LogP contribution is 2.28. The molecule has 2 aromatic rings. The molecule has 1 saturated heterocycles. The molecule has 1 aliphatic rings. The fraction of sp³-hybridized carbons (Fsp3) is 0.381. The molecule has 7 nitrogen and oxygen atoms in total. The second-order valence-electron chi connectivity index (χ2n) is 6.95. The smallest absolute Gasteiger partial charge is 0.337 e. The monoisotopic (exact) mass is 418 g/mol. The van der Waals surface area contributed by atoms with Crippen molar-refractivity contribution in [2.24, 2.45) is 0 Å². The lowest BCUT2D eigenvalue weighted by Crippen LogP contribution is -2.26. The second kappa shape index (κ2) is 9.17. The van der Waals surface area contributed by atoms with Crippen molar-refractivity contribution < 1.29 is 23.1 Å². The Kier molecular flexibility index (Phi) is 6.64. The van der Waals surface area contributed by atoms with Crippen molar-refractivity contribution in [3.63, 3.8) is 0 Å². The number of nitrogens with one attached hydrogen (secondary N) is 1. The molecule has 0 unspecified atom stereocenters. The highest BCUT2D eigenvalue weighted by Gasteiger charge is 2.20. The molecule has 0 aliphatic carbocycles. The van der Waals surface area contributed by atoms with E-state index in [9.17, 15) is 18.3 Å². The summed E-state index contributed by atoms with van der Waals surface area (Å²) >= 11 is 0. The van der Waals surface area contributed by atoms with Gasteiger partial charge in [-0.25, -0.2) is 13.2 Å². The maximum Gasteiger partial charge on any atom is 0.337 e. The van der Waals surface area contributed by atoms with Crippen molar-refractivity contribution in [2.45, 2.75) is 37.5 Å². The van der Waals surface area contributed by atoms with Crippen molar-refractivity contribution in [3.05, 3.63) is 48.0 Å². The average Bonchev–Trinajstić information content (AvgIpc) is 2.98. The maximum atomic E-state index is 12.7. The normalized spacial score (nSPS) is 14.9. The van der Waals surface area contributed by atoms with E-state index in [1.165, 1.54) is 18.2 Å². The van der Waals surface area contributed by atoms with Crippen molar-refractivity contribution in [3.8, 4) is 5.75 Å². The van der Waals surface area contributed by atoms with Gasteiger partial charge in [0, 0.05) is 18.8 Å². The minimum Gasteiger partial charge on any atom is -0.494 e. The molecule has 1 aliphatic heterocycles. The molecule has 8 heteroatoms. The number of sulfonamides is 1. The number of ether oxygens (including phenoxy) is 1. The first-order chi connectivity index (χ1) is 13.9. The van der Waals surface area contributed by atoms with E-state index in [-0.39, 0.29) is 16.1 Å². The minimum atomic E-state index is -3.84. The molecule has 0 bridgehead atoms. The Balaban J connectivity index is 1.84. The van der Waals surface area contributed by atoms with E-state index in [1.54, 1.807) is 24.3 Å². The van der Waals surface area contributed by atoms with Crippen LogP contribution in [0.2, 0.25) is 0 Å². The van der Waals surface area contributed by atoms with E-state index in [4.69, 9.17) is 4.74 Å². The van der Waals surface area contributed by atoms with Gasteiger partial charge in [-0.1, -0.05) is 12.8 Å². The van der Waals surface area contributed by atoms with Crippen LogP contribution in [0.15, 0.2) is 47.4 Å². The van der Waals surface area contributed by atoms with Crippen LogP contribution < -0.4 is 14.4 Å². The van der Waals surface area contributed by atoms with Gasteiger partial charge in [0.05, 0.1) is 22.8 Å². The van der Waals surface area contributed by atoms with Crippen LogP contribution in [0.1, 0.15) is 43.0 Å². The molecule has 0 saturated carbocycles. The summed E-state index contributed by atoms with van der Waals surface area (Å²) in [5.41, 5.74) is 0.942. The first-order valence-electron chi connectivity index (χ1n) is 9.78. The van der Waals surface area contributed by atoms with Crippen LogP contribution in [-0.2, 0) is 10.0 Å². The topological polar surface area (TPSA) is 95.9 Å². The Hall–Kier alpha value is -2.74. The molecular formula is C21H26N2O5S. The number of aromatic carboxylic acids is 1. The summed E-state index contributed by atoms with van der Waals surface area (Å²) in [6.07, 6.45) is 4.31. The van der Waals surface area contributed by atoms with Crippen LogP contribution >= 0.6 is 0 Å². The molecule has 2 N–H and O–H groups in total. The van der Waals surface area contributed by atoms with Gasteiger partial charge in [-0.15, -0.1) is 0 Å². The lowest BCUT2D eigenvalue weighted by molar-refractivity contribution is 0.0697. The maximum absolute atomic E-state index is 12.7. The number of carbonyl (C=O) groups is 1. The number of benzene rings is 2. The van der Waals surface area contributed by atoms with Crippen LogP contribution in [0.25, 0.3) is 0 Å². The standard InChI is InChI=1S/C21H26N2O5S/c1-2-28-17-8-10-18(11-9-17)29(26,27)22-16-7-12-20(19(15-16)21(24)25)23-13-5-3-4-6-14-23/h7-12,15,22H,2-6,13-14H2,1H3,(H,24,25). The van der Waals surface area contributed by atoms with E-state index in [2.05, 4.69) is 9.62 Å². The van der Waals surface area contributed by atoms with Gasteiger partial charge in [-0.2, -0.15) is 0 Å². The fourth-order valence-corrected chi connectivity index (χ4v) is 4.50. The first-order valence-corrected chi connectivity index (χ1v) is 11.3. The van der Waals surface area contributed by atoms with E-state index in [1.807, 2.05) is 6.92 Å². The van der Waals surface area contributed by atoms with E-state index < -0.39 is 16.0 Å². The van der Waals surface area contributed by atoms with Crippen molar-refractivity contribution in [1.82, 2.24) is 0 Å². The Morgan fingerprint density at radius 2 is 1.72 bits per heavy atom. The lowest BCUT2D eigenvalue weighted by Gasteiger charge is -2.24. The zero-order valence-corrected chi connectivity index (χ0v) is 17.2. The van der Waals surface area contributed by atoms with Crippen LogP contribution in [0.4, 0.5) is 11.4 Å². The third-order valence-corrected chi connectivity index (χ3v) is 6.27. The third kappa shape index (κ3) is 5.20. The van der Waals surface area contributed by atoms with E-state index in [0.29, 0.717) is 18.0 Å². The summed E-state index contributed by atoms with van der Waals surface area (Å²) in [5, 5.41) is 9.67. The predicted molar refractivity (Wildman–Crippen MR) is 113 cm³/mol. The molecule has 0 atom stereocenters. The van der Waals surface area contributed by atoms with Gasteiger partial charge in [-0.3, -0.25) is 4.72 Å². The Morgan fingerprint density at radius 3 is 2.31 bits per heavy atom. The van der Waals surface area contributed by atoms with Crippen LogP contribution in [0.3, 0.4) is 0 Å². The first kappa shape index (κ1) is 21.0. The summed E-state index contributed by atoms with van der Waals surface area (Å²) in [4.78, 5) is 14.0. The molecule has 0 aromatic heterocycles. The van der Waals surface area contributed by atoms with Crippen molar-refractivity contribution in [1.29, 1.82) is 0 Å². The molecule has 156 valence electrons. The SMILES string of the molecule is CCOc1ccc(S(=O)(=O)Nc2ccc(N3CCCCCC3)c(C(=O)O)c2)cc1. The summed E-state index contributed by atoms with van der Waals surface area (Å²) in [6, 6.07) is 10.8. The van der Waals surface area contributed by atoms with E-state index >= 15 is 0 Å². The summed E-state index contributed by atoms with van der Waals surface area (Å²) in [7, 11) is -3.84. The zero-order valence-electron chi connectivity index (χ0n) is 16.4. The number of rotatable bonds is 7. The number of nitrogens with zero attached hydrogens (tertiary/aromatic N) is 1. The van der Waals surface area contributed by atoms with Gasteiger partial charge < -0.3 is 14.7 Å². The summed E-state index contributed by atoms with van der Waals surface area (Å²) in [6.45, 7) is 3.95. The summed E-state index contributed by atoms with van der Waals surface area (Å²) in [5.74, 6) is -0.493. The number of carboxylic acids is 1. The molecule has 29 heavy (non-hydrogen) atoms. The molecule has 0 amide bonds. The second-order valence-corrected chi connectivity index (χ2v) is 8.63. The van der Waals surface area contributed by atoms with Gasteiger partial charge in [0.25, 0.3) is 10.0 Å². The number of hydrogen-bond donors (Lipinski definition) is 2. The largest absolute Gasteiger partial charge is 0.494 e. The van der Waals surface area contributed by atoms with Crippen LogP contribution in [-0.4, -0.2) is 39.2 Å². The van der Waals surface area contributed by atoms with Gasteiger partial charge in [0.1, 0.15) is 5.75 Å². The van der Waals surface area contributed by atoms with Crippen LogP contribution in [0, 0.1) is 0 Å². The highest BCUT2D eigenvalue weighted by molar-refractivity contribution is 7.92. The minimum absolute atomic E-state index is 0.0782. The third-order valence-electron chi connectivity index (χ3n) is 4.87. The predicted octanol–water partition coefficient (Wildman–Crippen LogP) is 3.96. The molecule has 1 fully saturated rings. The van der Waals surface area contributed by atoms with Crippen molar-refractivity contribution >= 4 is 27.4 Å². The molecular weight excluding hydrogens is 392 g/mol. The van der Waals surface area contributed by atoms with Gasteiger partial charge in [0.2, 0.25) is 0 Å². The lowest BCUT2D eigenvalue weighted by atomic mass is 10.1. The quantitative estimate of drug-likeness (QED) is 0.706. The van der Waals surface area contributed by atoms with Crippen molar-refractivity contribution in [2.75, 3.05) is 29.3 Å². The Morgan fingerprint density at radius 1 is 1.07 bits per heavy atom. The zero-order chi connectivity index (χ0) is 20.9. The van der Waals surface area contributed by atoms with E-state index in [0.717, 1.165) is 38.8 Å². The van der Waals surface area contributed by atoms with Gasteiger partial charge >= 0.3 is 5.97 Å². The van der Waals surface area contributed by atoms with Crippen LogP contribution in [0.5, 0.6) is 5.75 Å². The molecule has 3 rings (SSSR count). The molecule has 0 spiro atoms. The van der Waals surface area contributed by atoms with Gasteiger partial charge in [-0.05, 0) is 62.2 Å². The Labute approximate surface area is 171 Å². The molecule has 1 heterocycles. The average molecular weight is 419 g/mol. The Bertz CT molecular complexity index is 950. The van der Waals surface area contributed by atoms with Gasteiger partial charge in [0.15, 0.2) is 0 Å². The molecule has 2 aromatic carbocycles. The number of hydrogen-bond acceptors (Lipinski definition) is 5. The highest BCUT2D eigenvalue weighted by atomic mass is 32.2. The number of anilines is 2. The molecule has 0 radical (unpaired) electrons. The number of carboxylic acid groups (broad SMARTS) is 1. The fourth-order valence-electron chi connectivity index (χ4n) is 3.45. The summed E-state index contributed by atoms with van der Waals surface area (Å²) < 4.78 is 33.2.